The average Bonchev–Trinajstić information content (AvgIpc) is 3.14. The van der Waals surface area contributed by atoms with Crippen LogP contribution in [-0.2, 0) is 11.2 Å². The van der Waals surface area contributed by atoms with Crippen LogP contribution in [0, 0.1) is 0 Å². The van der Waals surface area contributed by atoms with Crippen LogP contribution in [0.4, 0.5) is 0 Å². The van der Waals surface area contributed by atoms with Crippen LogP contribution in [0.5, 0.6) is 0 Å². The summed E-state index contributed by atoms with van der Waals surface area (Å²) < 4.78 is 0. The lowest BCUT2D eigenvalue weighted by atomic mass is 10.0. The van der Waals surface area contributed by atoms with Crippen LogP contribution >= 0.6 is 22.9 Å². The highest BCUT2D eigenvalue weighted by Crippen LogP contribution is 2.26. The number of hydrogen-bond acceptors (Lipinski definition) is 2. The van der Waals surface area contributed by atoms with Crippen molar-refractivity contribution in [3.8, 4) is 0 Å². The van der Waals surface area contributed by atoms with Crippen molar-refractivity contribution in [3.05, 3.63) is 93.1 Å². The Morgan fingerprint density at radius 1 is 1.00 bits per heavy atom. The Kier molecular flexibility index (Phi) is 5.68. The van der Waals surface area contributed by atoms with Crippen LogP contribution < -0.4 is 5.32 Å². The van der Waals surface area contributed by atoms with Crippen LogP contribution in [0.15, 0.2) is 72.1 Å². The molecule has 0 aliphatic heterocycles. The van der Waals surface area contributed by atoms with Gasteiger partial charge in [-0.25, -0.2) is 0 Å². The van der Waals surface area contributed by atoms with E-state index in [2.05, 4.69) is 11.4 Å². The molecule has 1 atom stereocenters. The number of hydrogen-bond donors (Lipinski definition) is 1. The molecule has 0 radical (unpaired) electrons. The van der Waals surface area contributed by atoms with Crippen molar-refractivity contribution in [2.45, 2.75) is 18.9 Å². The maximum absolute atomic E-state index is 12.5. The van der Waals surface area contributed by atoms with E-state index in [0.717, 1.165) is 16.0 Å². The number of carbonyl (C=O) groups is 1. The summed E-state index contributed by atoms with van der Waals surface area (Å²) in [6.07, 6.45) is 1.05. The van der Waals surface area contributed by atoms with Crippen molar-refractivity contribution in [1.29, 1.82) is 0 Å². The SMILES string of the molecule is O=C(CCc1ccccc1Cl)NC(c1ccccc1)c1cccs1. The highest BCUT2D eigenvalue weighted by Gasteiger charge is 2.17. The van der Waals surface area contributed by atoms with Crippen LogP contribution in [-0.4, -0.2) is 5.91 Å². The zero-order valence-corrected chi connectivity index (χ0v) is 14.7. The van der Waals surface area contributed by atoms with E-state index in [4.69, 9.17) is 11.6 Å². The molecular formula is C20H18ClNOS. The molecule has 1 unspecified atom stereocenters. The van der Waals surface area contributed by atoms with Crippen LogP contribution in [0.3, 0.4) is 0 Å². The molecule has 0 saturated heterocycles. The quantitative estimate of drug-likeness (QED) is 0.643. The third kappa shape index (κ3) is 4.25. The van der Waals surface area contributed by atoms with Gasteiger partial charge in [-0.3, -0.25) is 4.79 Å². The Morgan fingerprint density at radius 2 is 1.75 bits per heavy atom. The summed E-state index contributed by atoms with van der Waals surface area (Å²) in [5.41, 5.74) is 2.09. The summed E-state index contributed by atoms with van der Waals surface area (Å²) in [5.74, 6) is 0.0252. The fourth-order valence-corrected chi connectivity index (χ4v) is 3.63. The maximum atomic E-state index is 12.5. The summed E-state index contributed by atoms with van der Waals surface area (Å²) in [6, 6.07) is 21.7. The largest absolute Gasteiger partial charge is 0.344 e. The molecule has 0 aliphatic carbocycles. The number of halogens is 1. The highest BCUT2D eigenvalue weighted by atomic mass is 35.5. The summed E-state index contributed by atoms with van der Waals surface area (Å²) in [4.78, 5) is 13.6. The van der Waals surface area contributed by atoms with Crippen LogP contribution in [0.1, 0.15) is 28.5 Å². The molecule has 3 rings (SSSR count). The molecule has 0 saturated carbocycles. The van der Waals surface area contributed by atoms with Gasteiger partial charge in [-0.2, -0.15) is 0 Å². The van der Waals surface area contributed by atoms with E-state index >= 15 is 0 Å². The number of nitrogens with one attached hydrogen (secondary N) is 1. The molecule has 1 heterocycles. The second kappa shape index (κ2) is 8.13. The summed E-state index contributed by atoms with van der Waals surface area (Å²) in [7, 11) is 0. The molecule has 1 N–H and O–H groups in total. The molecule has 4 heteroatoms. The van der Waals surface area contributed by atoms with Gasteiger partial charge in [0.2, 0.25) is 5.91 Å². The number of thiophene rings is 1. The Bertz CT molecular complexity index is 786. The molecule has 24 heavy (non-hydrogen) atoms. The molecule has 2 aromatic carbocycles. The Balaban J connectivity index is 1.69. The molecular weight excluding hydrogens is 338 g/mol. The third-order valence-electron chi connectivity index (χ3n) is 3.85. The van der Waals surface area contributed by atoms with E-state index in [1.54, 1.807) is 11.3 Å². The van der Waals surface area contributed by atoms with E-state index in [0.29, 0.717) is 17.9 Å². The van der Waals surface area contributed by atoms with Gasteiger partial charge in [0.1, 0.15) is 0 Å². The number of amides is 1. The van der Waals surface area contributed by atoms with Crippen molar-refractivity contribution in [1.82, 2.24) is 5.32 Å². The molecule has 122 valence electrons. The van der Waals surface area contributed by atoms with Crippen LogP contribution in [0.25, 0.3) is 0 Å². The van der Waals surface area contributed by atoms with Gasteiger partial charge in [0.05, 0.1) is 6.04 Å². The maximum Gasteiger partial charge on any atom is 0.221 e. The van der Waals surface area contributed by atoms with Crippen molar-refractivity contribution in [2.24, 2.45) is 0 Å². The topological polar surface area (TPSA) is 29.1 Å². The molecule has 0 aliphatic rings. The normalized spacial score (nSPS) is 11.9. The molecule has 1 amide bonds. The number of carbonyl (C=O) groups excluding carboxylic acids is 1. The predicted molar refractivity (Wildman–Crippen MR) is 101 cm³/mol. The lowest BCUT2D eigenvalue weighted by molar-refractivity contribution is -0.121. The highest BCUT2D eigenvalue weighted by molar-refractivity contribution is 7.10. The monoisotopic (exact) mass is 355 g/mol. The first kappa shape index (κ1) is 16.7. The summed E-state index contributed by atoms with van der Waals surface area (Å²) >= 11 is 7.81. The minimum Gasteiger partial charge on any atom is -0.344 e. The summed E-state index contributed by atoms with van der Waals surface area (Å²) in [5, 5.41) is 5.89. The predicted octanol–water partition coefficient (Wildman–Crippen LogP) is 5.24. The standard InChI is InChI=1S/C20H18ClNOS/c21-17-10-5-4-7-15(17)12-13-19(23)22-20(18-11-6-14-24-18)16-8-2-1-3-9-16/h1-11,14,20H,12-13H2,(H,22,23). The molecule has 1 aromatic heterocycles. The zero-order chi connectivity index (χ0) is 16.8. The van der Waals surface area contributed by atoms with E-state index in [-0.39, 0.29) is 11.9 Å². The molecule has 0 spiro atoms. The first-order chi connectivity index (χ1) is 11.7. The third-order valence-corrected chi connectivity index (χ3v) is 5.15. The lowest BCUT2D eigenvalue weighted by Gasteiger charge is -2.18. The van der Waals surface area contributed by atoms with Gasteiger partial charge in [-0.15, -0.1) is 11.3 Å². The van der Waals surface area contributed by atoms with Crippen molar-refractivity contribution < 1.29 is 4.79 Å². The first-order valence-corrected chi connectivity index (χ1v) is 9.11. The number of aryl methyl sites for hydroxylation is 1. The number of benzene rings is 2. The van der Waals surface area contributed by atoms with Gasteiger partial charge >= 0.3 is 0 Å². The smallest absolute Gasteiger partial charge is 0.221 e. The number of rotatable bonds is 6. The van der Waals surface area contributed by atoms with Crippen molar-refractivity contribution >= 4 is 28.8 Å². The van der Waals surface area contributed by atoms with Crippen molar-refractivity contribution in [3.63, 3.8) is 0 Å². The lowest BCUT2D eigenvalue weighted by Crippen LogP contribution is -2.29. The summed E-state index contributed by atoms with van der Waals surface area (Å²) in [6.45, 7) is 0. The van der Waals surface area contributed by atoms with Gasteiger partial charge in [0, 0.05) is 16.3 Å². The first-order valence-electron chi connectivity index (χ1n) is 7.85. The molecule has 0 bridgehead atoms. The minimum absolute atomic E-state index is 0.0252. The second-order valence-electron chi connectivity index (χ2n) is 5.52. The molecule has 3 aromatic rings. The van der Waals surface area contributed by atoms with Gasteiger partial charge in [-0.1, -0.05) is 66.2 Å². The van der Waals surface area contributed by atoms with E-state index in [9.17, 15) is 4.79 Å². The zero-order valence-electron chi connectivity index (χ0n) is 13.1. The average molecular weight is 356 g/mol. The Hall–Kier alpha value is -2.10. The van der Waals surface area contributed by atoms with Crippen LogP contribution in [0.2, 0.25) is 5.02 Å². The Labute approximate surface area is 151 Å². The van der Waals surface area contributed by atoms with E-state index in [1.807, 2.05) is 66.0 Å². The van der Waals surface area contributed by atoms with Gasteiger partial charge in [0.25, 0.3) is 0 Å². The van der Waals surface area contributed by atoms with E-state index < -0.39 is 0 Å². The van der Waals surface area contributed by atoms with Gasteiger partial charge in [0.15, 0.2) is 0 Å². The Morgan fingerprint density at radius 3 is 2.46 bits per heavy atom. The van der Waals surface area contributed by atoms with Gasteiger partial charge < -0.3 is 5.32 Å². The van der Waals surface area contributed by atoms with E-state index in [1.165, 1.54) is 0 Å². The minimum atomic E-state index is -0.107. The fourth-order valence-electron chi connectivity index (χ4n) is 2.60. The fraction of sp³-hybridized carbons (Fsp3) is 0.150. The molecule has 0 fully saturated rings. The van der Waals surface area contributed by atoms with Gasteiger partial charge in [-0.05, 0) is 35.1 Å². The second-order valence-corrected chi connectivity index (χ2v) is 6.90. The van der Waals surface area contributed by atoms with Crippen molar-refractivity contribution in [2.75, 3.05) is 0 Å². The molecule has 2 nitrogen and oxygen atoms in total.